The molecule has 0 spiro atoms. The number of rotatable bonds is 6. The number of hydrogen-bond acceptors (Lipinski definition) is 3. The smallest absolute Gasteiger partial charge is 0.267 e. The summed E-state index contributed by atoms with van der Waals surface area (Å²) in [6, 6.07) is 10.1. The van der Waals surface area contributed by atoms with E-state index in [4.69, 9.17) is 0 Å². The van der Waals surface area contributed by atoms with Gasteiger partial charge < -0.3 is 5.32 Å². The summed E-state index contributed by atoms with van der Waals surface area (Å²) < 4.78 is 1.29. The molecular weight excluding hydrogens is 338 g/mol. The largest absolute Gasteiger partial charge is 0.352 e. The highest BCUT2D eigenvalue weighted by molar-refractivity contribution is 5.76. The van der Waals surface area contributed by atoms with Gasteiger partial charge in [0, 0.05) is 17.7 Å². The van der Waals surface area contributed by atoms with Gasteiger partial charge in [-0.1, -0.05) is 52.0 Å². The van der Waals surface area contributed by atoms with Crippen LogP contribution >= 0.6 is 0 Å². The maximum atomic E-state index is 12.6. The lowest BCUT2D eigenvalue weighted by atomic mass is 9.82. The average molecular weight is 367 g/mol. The molecule has 2 aromatic rings. The lowest BCUT2D eigenvalue weighted by molar-refractivity contribution is -0.123. The Morgan fingerprint density at radius 3 is 2.67 bits per heavy atom. The summed E-state index contributed by atoms with van der Waals surface area (Å²) in [5, 5.41) is 7.55. The summed E-state index contributed by atoms with van der Waals surface area (Å²) in [4.78, 5) is 24.9. The Labute approximate surface area is 160 Å². The summed E-state index contributed by atoms with van der Waals surface area (Å²) in [6.07, 6.45) is 2.96. The van der Waals surface area contributed by atoms with Crippen molar-refractivity contribution < 1.29 is 4.79 Å². The second-order valence-corrected chi connectivity index (χ2v) is 7.99. The van der Waals surface area contributed by atoms with E-state index in [0.29, 0.717) is 5.92 Å². The minimum atomic E-state index is -0.242. The minimum Gasteiger partial charge on any atom is -0.352 e. The van der Waals surface area contributed by atoms with Crippen LogP contribution in [0, 0.1) is 5.92 Å². The van der Waals surface area contributed by atoms with Crippen LogP contribution in [-0.2, 0) is 17.8 Å². The predicted molar refractivity (Wildman–Crippen MR) is 108 cm³/mol. The quantitative estimate of drug-likeness (QED) is 0.850. The number of carbonyl (C=O) groups is 1. The monoisotopic (exact) mass is 367 g/mol. The molecule has 0 radical (unpaired) electrons. The number of carbonyl (C=O) groups excluding carboxylic acids is 1. The van der Waals surface area contributed by atoms with Gasteiger partial charge in [0.05, 0.1) is 5.69 Å². The van der Waals surface area contributed by atoms with Gasteiger partial charge in [0.25, 0.3) is 5.56 Å². The molecule has 5 nitrogen and oxygen atoms in total. The van der Waals surface area contributed by atoms with E-state index in [0.717, 1.165) is 36.1 Å². The highest BCUT2D eigenvalue weighted by Crippen LogP contribution is 2.27. The number of benzene rings is 1. The summed E-state index contributed by atoms with van der Waals surface area (Å²) in [5.41, 5.74) is 3.68. The molecule has 0 saturated heterocycles. The number of hydrogen-bond donors (Lipinski definition) is 1. The fourth-order valence-corrected chi connectivity index (χ4v) is 3.66. The Balaban J connectivity index is 1.87. The molecule has 5 heteroatoms. The van der Waals surface area contributed by atoms with E-state index in [1.54, 1.807) is 6.07 Å². The third-order valence-electron chi connectivity index (χ3n) is 5.25. The number of aromatic nitrogens is 2. The van der Waals surface area contributed by atoms with E-state index in [1.807, 2.05) is 12.1 Å². The van der Waals surface area contributed by atoms with Gasteiger partial charge in [-0.05, 0) is 42.2 Å². The van der Waals surface area contributed by atoms with Gasteiger partial charge in [-0.2, -0.15) is 5.10 Å². The molecule has 1 aromatic carbocycles. The Kier molecular flexibility index (Phi) is 5.78. The highest BCUT2D eigenvalue weighted by atomic mass is 16.2. The molecule has 1 aliphatic rings. The zero-order valence-electron chi connectivity index (χ0n) is 16.7. The molecule has 1 heterocycles. The van der Waals surface area contributed by atoms with E-state index in [2.05, 4.69) is 50.2 Å². The van der Waals surface area contributed by atoms with Crippen LogP contribution < -0.4 is 10.9 Å². The first-order valence-corrected chi connectivity index (χ1v) is 9.88. The molecule has 1 N–H and O–H groups in total. The lowest BCUT2D eigenvalue weighted by Crippen LogP contribution is -2.45. The fourth-order valence-electron chi connectivity index (χ4n) is 3.66. The number of nitrogens with one attached hydrogen (secondary N) is 1. The van der Waals surface area contributed by atoms with Crippen molar-refractivity contribution in [2.75, 3.05) is 0 Å². The Hall–Kier alpha value is -2.43. The number of aryl methyl sites for hydroxylation is 1. The highest BCUT2D eigenvalue weighted by Gasteiger charge is 2.26. The van der Waals surface area contributed by atoms with Gasteiger partial charge in [0.15, 0.2) is 0 Å². The molecule has 1 aromatic heterocycles. The molecule has 1 aliphatic carbocycles. The molecule has 3 rings (SSSR count). The van der Waals surface area contributed by atoms with Crippen LogP contribution in [0.15, 0.2) is 35.1 Å². The molecular formula is C22H29N3O2. The van der Waals surface area contributed by atoms with Gasteiger partial charge in [-0.25, -0.2) is 4.68 Å². The summed E-state index contributed by atoms with van der Waals surface area (Å²) in [6.45, 7) is 8.37. The molecule has 0 atom stereocenters. The SMILES string of the molecule is CCc1cccc(-c2cc(=O)n(CC(=O)NC3CC(C)C3)nc2C(C)C)c1. The standard InChI is InChI=1S/C22H29N3O2/c1-5-16-7-6-8-17(11-16)19-12-21(27)25(24-22(19)14(2)3)13-20(26)23-18-9-15(4)10-18/h6-8,11-12,14-15,18H,5,9-10,13H2,1-4H3,(H,23,26). The zero-order valence-corrected chi connectivity index (χ0v) is 16.7. The van der Waals surface area contributed by atoms with Gasteiger partial charge in [0.1, 0.15) is 6.54 Å². The molecule has 0 bridgehead atoms. The third kappa shape index (κ3) is 4.46. The van der Waals surface area contributed by atoms with Crippen molar-refractivity contribution in [1.82, 2.24) is 15.1 Å². The first kappa shape index (κ1) is 19.3. The van der Waals surface area contributed by atoms with Gasteiger partial charge in [-0.15, -0.1) is 0 Å². The second-order valence-electron chi connectivity index (χ2n) is 7.99. The maximum absolute atomic E-state index is 12.6. The van der Waals surface area contributed by atoms with Crippen LogP contribution in [0.3, 0.4) is 0 Å². The van der Waals surface area contributed by atoms with Gasteiger partial charge in [0.2, 0.25) is 5.91 Å². The Morgan fingerprint density at radius 1 is 1.30 bits per heavy atom. The van der Waals surface area contributed by atoms with E-state index in [-0.39, 0.29) is 30.0 Å². The summed E-state index contributed by atoms with van der Waals surface area (Å²) in [7, 11) is 0. The van der Waals surface area contributed by atoms with E-state index in [1.165, 1.54) is 10.2 Å². The molecule has 144 valence electrons. The second kappa shape index (κ2) is 8.07. The first-order chi connectivity index (χ1) is 12.9. The predicted octanol–water partition coefficient (Wildman–Crippen LogP) is 3.51. The van der Waals surface area contributed by atoms with E-state index in [9.17, 15) is 9.59 Å². The molecule has 1 amide bonds. The summed E-state index contributed by atoms with van der Waals surface area (Å²) >= 11 is 0. The van der Waals surface area contributed by atoms with Crippen molar-refractivity contribution in [2.24, 2.45) is 5.92 Å². The summed E-state index contributed by atoms with van der Waals surface area (Å²) in [5.74, 6) is 0.673. The average Bonchev–Trinajstić information content (AvgIpc) is 2.61. The normalized spacial score (nSPS) is 19.0. The minimum absolute atomic E-state index is 0.0291. The van der Waals surface area contributed by atoms with Crippen molar-refractivity contribution in [3.05, 3.63) is 51.9 Å². The lowest BCUT2D eigenvalue weighted by Gasteiger charge is -2.33. The van der Waals surface area contributed by atoms with Crippen LogP contribution in [0.4, 0.5) is 0 Å². The fraction of sp³-hybridized carbons (Fsp3) is 0.500. The first-order valence-electron chi connectivity index (χ1n) is 9.88. The van der Waals surface area contributed by atoms with Crippen molar-refractivity contribution >= 4 is 5.91 Å². The maximum Gasteiger partial charge on any atom is 0.267 e. The number of nitrogens with zero attached hydrogens (tertiary/aromatic N) is 2. The molecule has 27 heavy (non-hydrogen) atoms. The van der Waals surface area contributed by atoms with Crippen LogP contribution in [0.2, 0.25) is 0 Å². The molecule has 1 saturated carbocycles. The molecule has 0 aliphatic heterocycles. The Morgan fingerprint density at radius 2 is 2.04 bits per heavy atom. The topological polar surface area (TPSA) is 64.0 Å². The van der Waals surface area contributed by atoms with Gasteiger partial charge in [-0.3, -0.25) is 9.59 Å². The van der Waals surface area contributed by atoms with E-state index >= 15 is 0 Å². The Bertz CT molecular complexity index is 879. The van der Waals surface area contributed by atoms with Crippen molar-refractivity contribution in [3.63, 3.8) is 0 Å². The van der Waals surface area contributed by atoms with Crippen LogP contribution in [-0.4, -0.2) is 21.7 Å². The molecule has 1 fully saturated rings. The van der Waals surface area contributed by atoms with Crippen LogP contribution in [0.25, 0.3) is 11.1 Å². The number of amides is 1. The van der Waals surface area contributed by atoms with Crippen molar-refractivity contribution in [1.29, 1.82) is 0 Å². The third-order valence-corrected chi connectivity index (χ3v) is 5.25. The van der Waals surface area contributed by atoms with Crippen molar-refractivity contribution in [2.45, 2.75) is 65.5 Å². The zero-order chi connectivity index (χ0) is 19.6. The van der Waals surface area contributed by atoms with Crippen molar-refractivity contribution in [3.8, 4) is 11.1 Å². The van der Waals surface area contributed by atoms with Crippen LogP contribution in [0.5, 0.6) is 0 Å². The van der Waals surface area contributed by atoms with Gasteiger partial charge >= 0.3 is 0 Å². The van der Waals surface area contributed by atoms with Crippen LogP contribution in [0.1, 0.15) is 57.7 Å². The van der Waals surface area contributed by atoms with E-state index < -0.39 is 0 Å². The molecule has 0 unspecified atom stereocenters.